The van der Waals surface area contributed by atoms with Gasteiger partial charge in [-0.2, -0.15) is 0 Å². The van der Waals surface area contributed by atoms with Crippen LogP contribution in [0.15, 0.2) is 75.9 Å². The lowest BCUT2D eigenvalue weighted by Gasteiger charge is -2.26. The first-order valence-electron chi connectivity index (χ1n) is 11.9. The first kappa shape index (κ1) is 24.9. The summed E-state index contributed by atoms with van der Waals surface area (Å²) in [5, 5.41) is 1.06. The van der Waals surface area contributed by atoms with Gasteiger partial charge in [0, 0.05) is 29.7 Å². The highest BCUT2D eigenvalue weighted by Crippen LogP contribution is 2.39. The second-order valence-corrected chi connectivity index (χ2v) is 9.60. The van der Waals surface area contributed by atoms with Crippen LogP contribution >= 0.6 is 11.6 Å². The van der Waals surface area contributed by atoms with Gasteiger partial charge in [-0.25, -0.2) is 0 Å². The number of carbonyl (C=O) groups is 1. The van der Waals surface area contributed by atoms with E-state index in [4.69, 9.17) is 25.5 Å². The second-order valence-electron chi connectivity index (χ2n) is 9.19. The van der Waals surface area contributed by atoms with E-state index < -0.39 is 6.04 Å². The molecule has 0 aliphatic carbocycles. The van der Waals surface area contributed by atoms with Crippen LogP contribution in [0, 0.1) is 0 Å². The molecule has 5 rings (SSSR count). The molecule has 4 aromatic rings. The number of nitrogens with zero attached hydrogens (tertiary/aromatic N) is 2. The van der Waals surface area contributed by atoms with E-state index in [9.17, 15) is 9.59 Å². The van der Waals surface area contributed by atoms with Crippen molar-refractivity contribution in [2.24, 2.45) is 0 Å². The largest absolute Gasteiger partial charge is 0.497 e. The molecule has 1 unspecified atom stereocenters. The summed E-state index contributed by atoms with van der Waals surface area (Å²) in [6.07, 6.45) is 0. The fourth-order valence-corrected chi connectivity index (χ4v) is 4.72. The zero-order chi connectivity index (χ0) is 26.1. The lowest BCUT2D eigenvalue weighted by molar-refractivity contribution is 0.0716. The van der Waals surface area contributed by atoms with E-state index in [2.05, 4.69) is 0 Å². The number of hydrogen-bond acceptors (Lipinski definition) is 6. The van der Waals surface area contributed by atoms with Crippen molar-refractivity contribution in [2.75, 3.05) is 34.3 Å². The number of amides is 1. The second kappa shape index (κ2) is 10.3. The number of hydrogen-bond donors (Lipinski definition) is 0. The molecule has 2 heterocycles. The lowest BCUT2D eigenvalue weighted by atomic mass is 9.98. The van der Waals surface area contributed by atoms with Crippen molar-refractivity contribution in [2.45, 2.75) is 12.6 Å². The first-order valence-corrected chi connectivity index (χ1v) is 12.3. The Bertz CT molecular complexity index is 1510. The van der Waals surface area contributed by atoms with Gasteiger partial charge in [0.1, 0.15) is 23.7 Å². The molecule has 0 spiro atoms. The van der Waals surface area contributed by atoms with Crippen LogP contribution in [-0.2, 0) is 6.61 Å². The van der Waals surface area contributed by atoms with E-state index >= 15 is 0 Å². The molecule has 8 heteroatoms. The summed E-state index contributed by atoms with van der Waals surface area (Å²) < 4.78 is 17.2. The van der Waals surface area contributed by atoms with Crippen LogP contribution in [0.2, 0.25) is 5.02 Å². The molecule has 190 valence electrons. The number of carbonyl (C=O) groups excluding carboxylic acids is 1. The topological polar surface area (TPSA) is 72.2 Å². The Labute approximate surface area is 219 Å². The molecular formula is C29H27ClN2O5. The number of likely N-dealkylation sites (N-methyl/N-ethyl adjacent to an activating group) is 1. The molecule has 0 bridgehead atoms. The quantitative estimate of drug-likeness (QED) is 0.321. The van der Waals surface area contributed by atoms with E-state index in [0.717, 1.165) is 11.1 Å². The molecule has 3 aromatic carbocycles. The molecule has 0 saturated carbocycles. The summed E-state index contributed by atoms with van der Waals surface area (Å²) in [5.41, 5.74) is 2.15. The van der Waals surface area contributed by atoms with E-state index in [-0.39, 0.29) is 17.1 Å². The lowest BCUT2D eigenvalue weighted by Crippen LogP contribution is -2.35. The van der Waals surface area contributed by atoms with Crippen molar-refractivity contribution >= 4 is 28.5 Å². The predicted molar refractivity (Wildman–Crippen MR) is 143 cm³/mol. The summed E-state index contributed by atoms with van der Waals surface area (Å²) in [6, 6.07) is 19.4. The zero-order valence-corrected chi connectivity index (χ0v) is 21.6. The Morgan fingerprint density at radius 3 is 2.43 bits per heavy atom. The zero-order valence-electron chi connectivity index (χ0n) is 20.9. The Morgan fingerprint density at radius 1 is 1.00 bits per heavy atom. The van der Waals surface area contributed by atoms with Crippen molar-refractivity contribution in [1.82, 2.24) is 9.80 Å². The average Bonchev–Trinajstić information content (AvgIpc) is 3.18. The van der Waals surface area contributed by atoms with E-state index in [0.29, 0.717) is 52.8 Å². The van der Waals surface area contributed by atoms with Gasteiger partial charge in [0.2, 0.25) is 5.76 Å². The third-order valence-electron chi connectivity index (χ3n) is 6.51. The molecule has 1 aliphatic heterocycles. The number of ether oxygens (including phenoxy) is 2. The molecule has 0 saturated heterocycles. The summed E-state index contributed by atoms with van der Waals surface area (Å²) in [4.78, 5) is 30.9. The van der Waals surface area contributed by atoms with E-state index in [1.54, 1.807) is 30.2 Å². The molecule has 1 amide bonds. The van der Waals surface area contributed by atoms with Crippen LogP contribution in [0.25, 0.3) is 11.0 Å². The SMILES string of the molecule is COc1ccc2c(=O)c3c(oc2c1)C(=O)N(CCN(C)C)C3c1ccc(OCc2ccccc2Cl)cc1. The van der Waals surface area contributed by atoms with Crippen molar-refractivity contribution in [1.29, 1.82) is 0 Å². The number of methoxy groups -OCH3 is 1. The molecule has 1 aliphatic rings. The number of benzene rings is 3. The molecule has 1 atom stereocenters. The fraction of sp³-hybridized carbons (Fsp3) is 0.241. The van der Waals surface area contributed by atoms with Gasteiger partial charge in [-0.15, -0.1) is 0 Å². The fourth-order valence-electron chi connectivity index (χ4n) is 4.53. The molecule has 7 nitrogen and oxygen atoms in total. The van der Waals surface area contributed by atoms with E-state index in [1.807, 2.05) is 67.5 Å². The summed E-state index contributed by atoms with van der Waals surface area (Å²) in [7, 11) is 5.42. The van der Waals surface area contributed by atoms with Crippen LogP contribution in [-0.4, -0.2) is 50.0 Å². The Hall–Kier alpha value is -3.81. The standard InChI is InChI=1S/C29H27ClN2O5/c1-31(2)14-15-32-26(18-8-10-20(11-9-18)36-17-19-6-4-5-7-23(19)30)25-27(33)22-13-12-21(35-3)16-24(22)37-28(25)29(32)34/h4-13,16,26H,14-15,17H2,1-3H3. The smallest absolute Gasteiger partial charge is 0.290 e. The third-order valence-corrected chi connectivity index (χ3v) is 6.88. The van der Waals surface area contributed by atoms with Gasteiger partial charge in [-0.1, -0.05) is 41.9 Å². The van der Waals surface area contributed by atoms with Crippen LogP contribution in [0.4, 0.5) is 0 Å². The maximum absolute atomic E-state index is 13.7. The van der Waals surface area contributed by atoms with Gasteiger partial charge in [-0.3, -0.25) is 9.59 Å². The van der Waals surface area contributed by atoms with Crippen LogP contribution in [0.1, 0.15) is 33.3 Å². The Balaban J connectivity index is 1.52. The Morgan fingerprint density at radius 2 is 1.73 bits per heavy atom. The number of fused-ring (bicyclic) bond motifs is 2. The highest BCUT2D eigenvalue weighted by molar-refractivity contribution is 6.31. The van der Waals surface area contributed by atoms with Gasteiger partial charge < -0.3 is 23.7 Å². The molecular weight excluding hydrogens is 492 g/mol. The molecule has 0 radical (unpaired) electrons. The third kappa shape index (κ3) is 4.80. The minimum atomic E-state index is -0.567. The summed E-state index contributed by atoms with van der Waals surface area (Å²) in [6.45, 7) is 1.40. The molecule has 0 fully saturated rings. The predicted octanol–water partition coefficient (Wildman–Crippen LogP) is 5.14. The van der Waals surface area contributed by atoms with Crippen LogP contribution < -0.4 is 14.9 Å². The first-order chi connectivity index (χ1) is 17.9. The normalized spacial score (nSPS) is 14.9. The maximum Gasteiger partial charge on any atom is 0.290 e. The average molecular weight is 519 g/mol. The van der Waals surface area contributed by atoms with Crippen molar-refractivity contribution in [3.8, 4) is 11.5 Å². The number of halogens is 1. The van der Waals surface area contributed by atoms with Gasteiger partial charge >= 0.3 is 0 Å². The maximum atomic E-state index is 13.7. The van der Waals surface area contributed by atoms with Crippen LogP contribution in [0.5, 0.6) is 11.5 Å². The summed E-state index contributed by atoms with van der Waals surface area (Å²) in [5.74, 6) is 0.983. The van der Waals surface area contributed by atoms with E-state index in [1.165, 1.54) is 0 Å². The Kier molecular flexibility index (Phi) is 6.91. The monoisotopic (exact) mass is 518 g/mol. The number of rotatable bonds is 8. The van der Waals surface area contributed by atoms with Crippen molar-refractivity contribution in [3.05, 3.63) is 104 Å². The highest BCUT2D eigenvalue weighted by Gasteiger charge is 2.42. The van der Waals surface area contributed by atoms with Crippen LogP contribution in [0.3, 0.4) is 0 Å². The van der Waals surface area contributed by atoms with Gasteiger partial charge in [0.05, 0.1) is 24.1 Å². The van der Waals surface area contributed by atoms with Crippen molar-refractivity contribution < 1.29 is 18.7 Å². The summed E-state index contributed by atoms with van der Waals surface area (Å²) >= 11 is 6.24. The van der Waals surface area contributed by atoms with Gasteiger partial charge in [0.15, 0.2) is 5.43 Å². The molecule has 37 heavy (non-hydrogen) atoms. The molecule has 0 N–H and O–H groups in total. The highest BCUT2D eigenvalue weighted by atomic mass is 35.5. The molecule has 1 aromatic heterocycles. The van der Waals surface area contributed by atoms with Gasteiger partial charge in [-0.05, 0) is 50.0 Å². The minimum Gasteiger partial charge on any atom is -0.497 e. The minimum absolute atomic E-state index is 0.0774. The van der Waals surface area contributed by atoms with Crippen molar-refractivity contribution in [3.63, 3.8) is 0 Å². The van der Waals surface area contributed by atoms with Gasteiger partial charge in [0.25, 0.3) is 5.91 Å².